The maximum atomic E-state index is 13.0. The van der Waals surface area contributed by atoms with E-state index in [0.717, 1.165) is 11.1 Å². The molecule has 0 aliphatic heterocycles. The Hall–Kier alpha value is -3.93. The molecular formula is C27H30N7O5P. The van der Waals surface area contributed by atoms with Crippen LogP contribution in [0.2, 0.25) is 0 Å². The third kappa shape index (κ3) is 6.98. The molecule has 0 spiro atoms. The number of hydroxylamine groups is 1. The first-order valence-corrected chi connectivity index (χ1v) is 14.3. The number of hydrogen-bond acceptors (Lipinski definition) is 9. The Kier molecular flexibility index (Phi) is 8.63. The Morgan fingerprint density at radius 1 is 1.07 bits per heavy atom. The molecule has 0 bridgehead atoms. The number of nitrogens with two attached hydrogens (primary N) is 1. The highest BCUT2D eigenvalue weighted by Crippen LogP contribution is 2.40. The number of anilines is 1. The number of carbonyl (C=O) groups is 1. The van der Waals surface area contributed by atoms with E-state index in [9.17, 15) is 14.3 Å². The quantitative estimate of drug-likeness (QED) is 0.114. The first kappa shape index (κ1) is 27.6. The second-order valence-electron chi connectivity index (χ2n) is 9.46. The van der Waals surface area contributed by atoms with Gasteiger partial charge in [-0.15, -0.1) is 0 Å². The second-order valence-corrected chi connectivity index (χ2v) is 11.0. The molecule has 5 rings (SSSR count). The predicted molar refractivity (Wildman–Crippen MR) is 148 cm³/mol. The van der Waals surface area contributed by atoms with Gasteiger partial charge in [-0.25, -0.2) is 19.5 Å². The summed E-state index contributed by atoms with van der Waals surface area (Å²) < 4.78 is 20.0. The van der Waals surface area contributed by atoms with Gasteiger partial charge in [-0.2, -0.15) is 5.48 Å². The van der Waals surface area contributed by atoms with E-state index in [1.165, 1.54) is 6.33 Å². The van der Waals surface area contributed by atoms with Crippen LogP contribution in [0.4, 0.5) is 5.82 Å². The number of rotatable bonds is 12. The normalized spacial score (nSPS) is 18.9. The molecule has 4 atom stereocenters. The highest BCUT2D eigenvalue weighted by Gasteiger charge is 2.31. The number of amides is 1. The summed E-state index contributed by atoms with van der Waals surface area (Å²) in [6.45, 7) is 0.152. The van der Waals surface area contributed by atoms with E-state index >= 15 is 0 Å². The lowest BCUT2D eigenvalue weighted by Gasteiger charge is -2.21. The Bertz CT molecular complexity index is 1520. The number of nitrogens with one attached hydrogen (secondary N) is 2. The van der Waals surface area contributed by atoms with Crippen molar-refractivity contribution in [2.75, 3.05) is 12.3 Å². The fraction of sp³-hybridized carbons (Fsp3) is 0.259. The minimum atomic E-state index is -4.46. The van der Waals surface area contributed by atoms with Gasteiger partial charge in [-0.1, -0.05) is 72.8 Å². The molecule has 1 aliphatic carbocycles. The van der Waals surface area contributed by atoms with Gasteiger partial charge < -0.3 is 15.2 Å². The van der Waals surface area contributed by atoms with Crippen LogP contribution in [0.25, 0.3) is 11.2 Å². The van der Waals surface area contributed by atoms with Crippen LogP contribution in [-0.4, -0.2) is 43.0 Å². The predicted octanol–water partition coefficient (Wildman–Crippen LogP) is 3.09. The zero-order valence-electron chi connectivity index (χ0n) is 21.5. The first-order valence-electron chi connectivity index (χ1n) is 12.7. The Balaban J connectivity index is 1.16. The molecule has 5 N–H and O–H groups in total. The lowest BCUT2D eigenvalue weighted by molar-refractivity contribution is -0.126. The first-order chi connectivity index (χ1) is 19.4. The van der Waals surface area contributed by atoms with Gasteiger partial charge in [0.05, 0.1) is 25.6 Å². The number of nitrogens with zero attached hydrogens (tertiary/aromatic N) is 4. The van der Waals surface area contributed by atoms with Gasteiger partial charge in [0.25, 0.3) is 0 Å². The van der Waals surface area contributed by atoms with Crippen LogP contribution in [0.15, 0.2) is 85.5 Å². The standard InChI is InChI=1S/C27H30N7O5P/c28-25-24-26(30-17-29-25)34(18-31-24)22-12-11-21(13-22)16-39-40(36,37)33-27(35)23(14-19-7-3-1-4-8-19)32-38-15-20-9-5-2-6-10-20/h1-12,17-18,21-23,32H,13-16H2,(H2,28,29,30)(H2,33,35,36,37)/t21?,22?,23-/m0/s1. The zero-order chi connectivity index (χ0) is 28.0. The fourth-order valence-electron chi connectivity index (χ4n) is 4.48. The lowest BCUT2D eigenvalue weighted by Crippen LogP contribution is -2.44. The third-order valence-electron chi connectivity index (χ3n) is 6.52. The second kappa shape index (κ2) is 12.5. The van der Waals surface area contributed by atoms with Gasteiger partial charge in [0.15, 0.2) is 11.5 Å². The summed E-state index contributed by atoms with van der Waals surface area (Å²) in [6.07, 6.45) is 7.71. The molecule has 40 heavy (non-hydrogen) atoms. The molecule has 0 saturated carbocycles. The molecule has 1 amide bonds. The summed E-state index contributed by atoms with van der Waals surface area (Å²) in [5.41, 5.74) is 11.5. The van der Waals surface area contributed by atoms with E-state index in [2.05, 4.69) is 25.5 Å². The lowest BCUT2D eigenvalue weighted by atomic mass is 10.1. The van der Waals surface area contributed by atoms with Gasteiger partial charge in [-0.05, 0) is 24.0 Å². The van der Waals surface area contributed by atoms with E-state index < -0.39 is 19.7 Å². The number of nitrogen functional groups attached to an aromatic ring is 1. The largest absolute Gasteiger partial charge is 0.432 e. The highest BCUT2D eigenvalue weighted by molar-refractivity contribution is 7.51. The average molecular weight is 564 g/mol. The molecule has 2 heterocycles. The summed E-state index contributed by atoms with van der Waals surface area (Å²) in [4.78, 5) is 41.6. The molecule has 3 unspecified atom stereocenters. The van der Waals surface area contributed by atoms with Crippen LogP contribution in [0.5, 0.6) is 0 Å². The van der Waals surface area contributed by atoms with Gasteiger partial charge in [0.2, 0.25) is 5.91 Å². The van der Waals surface area contributed by atoms with E-state index in [0.29, 0.717) is 23.4 Å². The molecule has 0 radical (unpaired) electrons. The molecule has 1 aliphatic rings. The van der Waals surface area contributed by atoms with E-state index in [4.69, 9.17) is 15.1 Å². The van der Waals surface area contributed by atoms with Gasteiger partial charge in [0, 0.05) is 5.92 Å². The maximum Gasteiger partial charge on any atom is 0.432 e. The molecule has 0 fully saturated rings. The molecule has 208 valence electrons. The summed E-state index contributed by atoms with van der Waals surface area (Å²) in [5, 5.41) is 2.16. The Morgan fingerprint density at radius 3 is 2.55 bits per heavy atom. The molecule has 2 aromatic heterocycles. The van der Waals surface area contributed by atoms with Crippen LogP contribution >= 0.6 is 7.75 Å². The number of allylic oxidation sites excluding steroid dienone is 1. The number of hydrogen-bond donors (Lipinski definition) is 4. The van der Waals surface area contributed by atoms with Gasteiger partial charge >= 0.3 is 7.75 Å². The number of benzene rings is 2. The monoisotopic (exact) mass is 563 g/mol. The van der Waals surface area contributed by atoms with Gasteiger partial charge in [-0.3, -0.25) is 19.2 Å². The third-order valence-corrected chi connectivity index (χ3v) is 7.52. The number of fused-ring (bicyclic) bond motifs is 1. The molecule has 4 aromatic rings. The molecule has 12 nitrogen and oxygen atoms in total. The molecule has 0 saturated heterocycles. The fourth-order valence-corrected chi connectivity index (χ4v) is 5.37. The van der Waals surface area contributed by atoms with Crippen molar-refractivity contribution in [3.8, 4) is 0 Å². The minimum Gasteiger partial charge on any atom is -0.382 e. The van der Waals surface area contributed by atoms with Crippen LogP contribution in [-0.2, 0) is 31.7 Å². The number of imidazole rings is 1. The van der Waals surface area contributed by atoms with Crippen molar-refractivity contribution in [1.82, 2.24) is 30.1 Å². The topological polar surface area (TPSA) is 167 Å². The van der Waals surface area contributed by atoms with Crippen LogP contribution in [0, 0.1) is 5.92 Å². The average Bonchev–Trinajstić information content (AvgIpc) is 3.60. The molecule has 2 aromatic carbocycles. The maximum absolute atomic E-state index is 13.0. The highest BCUT2D eigenvalue weighted by atomic mass is 31.2. The number of carbonyl (C=O) groups excluding carboxylic acids is 1. The SMILES string of the molecule is Nc1ncnc2c1ncn2C1C=CC(COP(=O)(O)NC(=O)[C@H](Cc2ccccc2)NOCc2ccccc2)C1. The minimum absolute atomic E-state index is 0.0634. The van der Waals surface area contributed by atoms with Gasteiger partial charge in [0.1, 0.15) is 17.9 Å². The van der Waals surface area contributed by atoms with Crippen molar-refractivity contribution in [2.45, 2.75) is 31.5 Å². The van der Waals surface area contributed by atoms with Crippen molar-refractivity contribution in [3.63, 3.8) is 0 Å². The van der Waals surface area contributed by atoms with Crippen molar-refractivity contribution in [1.29, 1.82) is 0 Å². The zero-order valence-corrected chi connectivity index (χ0v) is 22.4. The van der Waals surface area contributed by atoms with Crippen LogP contribution in [0.1, 0.15) is 23.6 Å². The number of aromatic nitrogens is 4. The van der Waals surface area contributed by atoms with Crippen molar-refractivity contribution < 1.29 is 23.6 Å². The summed E-state index contributed by atoms with van der Waals surface area (Å²) in [5.74, 6) is -0.579. The van der Waals surface area contributed by atoms with Crippen LogP contribution < -0.4 is 16.3 Å². The summed E-state index contributed by atoms with van der Waals surface area (Å²) >= 11 is 0. The van der Waals surface area contributed by atoms with Crippen molar-refractivity contribution in [3.05, 3.63) is 96.6 Å². The van der Waals surface area contributed by atoms with Crippen molar-refractivity contribution in [2.24, 2.45) is 5.92 Å². The van der Waals surface area contributed by atoms with E-state index in [-0.39, 0.29) is 31.6 Å². The smallest absolute Gasteiger partial charge is 0.382 e. The van der Waals surface area contributed by atoms with Crippen LogP contribution in [0.3, 0.4) is 0 Å². The summed E-state index contributed by atoms with van der Waals surface area (Å²) in [7, 11) is -4.46. The Morgan fingerprint density at radius 2 is 1.80 bits per heavy atom. The summed E-state index contributed by atoms with van der Waals surface area (Å²) in [6, 6.07) is 17.7. The Labute approximate surface area is 230 Å². The molecular weight excluding hydrogens is 533 g/mol. The van der Waals surface area contributed by atoms with E-state index in [1.807, 2.05) is 77.4 Å². The molecule has 13 heteroatoms. The van der Waals surface area contributed by atoms with Crippen molar-refractivity contribution >= 4 is 30.6 Å². The van der Waals surface area contributed by atoms with E-state index in [1.54, 1.807) is 6.33 Å².